The van der Waals surface area contributed by atoms with Crippen LogP contribution in [0.15, 0.2) is 18.2 Å². The molecule has 5 nitrogen and oxygen atoms in total. The van der Waals surface area contributed by atoms with E-state index >= 15 is 0 Å². The van der Waals surface area contributed by atoms with E-state index in [1.54, 1.807) is 6.07 Å². The maximum absolute atomic E-state index is 12.0. The van der Waals surface area contributed by atoms with Crippen LogP contribution < -0.4 is 11.2 Å². The number of nitrogens with zero attached hydrogens (tertiary/aromatic N) is 1. The van der Waals surface area contributed by atoms with Crippen molar-refractivity contribution in [2.45, 2.75) is 6.92 Å². The van der Waals surface area contributed by atoms with Crippen LogP contribution in [0.1, 0.15) is 15.9 Å². The van der Waals surface area contributed by atoms with Gasteiger partial charge < -0.3 is 10.5 Å². The number of nitrogens with one attached hydrogen (secondary N) is 1. The summed E-state index contributed by atoms with van der Waals surface area (Å²) in [7, 11) is 0. The number of hydrogen-bond donors (Lipinski definition) is 2. The van der Waals surface area contributed by atoms with Crippen LogP contribution in [-0.4, -0.2) is 37.2 Å². The highest BCUT2D eigenvalue weighted by atomic mass is 16.5. The lowest BCUT2D eigenvalue weighted by Gasteiger charge is -2.27. The topological polar surface area (TPSA) is 67.6 Å². The normalized spacial score (nSPS) is 16.8. The predicted octanol–water partition coefficient (Wildman–Crippen LogP) is 0.554. The zero-order valence-corrected chi connectivity index (χ0v) is 9.90. The van der Waals surface area contributed by atoms with Crippen molar-refractivity contribution in [3.05, 3.63) is 29.3 Å². The summed E-state index contributed by atoms with van der Waals surface area (Å²) in [6.07, 6.45) is 0. The molecule has 5 heteroatoms. The fourth-order valence-corrected chi connectivity index (χ4v) is 1.76. The largest absolute Gasteiger partial charge is 0.398 e. The molecule has 1 amide bonds. The van der Waals surface area contributed by atoms with Gasteiger partial charge in [-0.1, -0.05) is 12.1 Å². The highest BCUT2D eigenvalue weighted by Crippen LogP contribution is 2.16. The van der Waals surface area contributed by atoms with Gasteiger partial charge in [0.05, 0.1) is 18.8 Å². The molecule has 0 unspecified atom stereocenters. The van der Waals surface area contributed by atoms with Crippen LogP contribution in [0.3, 0.4) is 0 Å². The number of amides is 1. The number of aryl methyl sites for hydroxylation is 1. The van der Waals surface area contributed by atoms with Gasteiger partial charge in [0.1, 0.15) is 0 Å². The predicted molar refractivity (Wildman–Crippen MR) is 65.4 cm³/mol. The van der Waals surface area contributed by atoms with Crippen LogP contribution in [0, 0.1) is 6.92 Å². The number of carbonyl (C=O) groups is 1. The third kappa shape index (κ3) is 2.75. The molecular weight excluding hydrogens is 218 g/mol. The Bertz CT molecular complexity index is 414. The number of rotatable bonds is 2. The van der Waals surface area contributed by atoms with Crippen LogP contribution in [-0.2, 0) is 4.74 Å². The summed E-state index contributed by atoms with van der Waals surface area (Å²) in [5.41, 5.74) is 10.7. The number of hydrogen-bond acceptors (Lipinski definition) is 4. The molecule has 1 aliphatic rings. The van der Waals surface area contributed by atoms with Gasteiger partial charge in [0.15, 0.2) is 0 Å². The second-order valence-corrected chi connectivity index (χ2v) is 4.08. The first kappa shape index (κ1) is 11.9. The van der Waals surface area contributed by atoms with E-state index in [0.29, 0.717) is 37.6 Å². The molecule has 0 aliphatic carbocycles. The van der Waals surface area contributed by atoms with Crippen LogP contribution in [0.5, 0.6) is 0 Å². The van der Waals surface area contributed by atoms with E-state index in [2.05, 4.69) is 5.43 Å². The molecule has 0 aromatic heterocycles. The van der Waals surface area contributed by atoms with Crippen molar-refractivity contribution in [3.8, 4) is 0 Å². The number of morpholine rings is 1. The molecule has 3 N–H and O–H groups in total. The van der Waals surface area contributed by atoms with E-state index < -0.39 is 0 Å². The monoisotopic (exact) mass is 235 g/mol. The zero-order chi connectivity index (χ0) is 12.3. The van der Waals surface area contributed by atoms with Crippen molar-refractivity contribution in [3.63, 3.8) is 0 Å². The van der Waals surface area contributed by atoms with Gasteiger partial charge in [-0.05, 0) is 18.6 Å². The Morgan fingerprint density at radius 1 is 1.41 bits per heavy atom. The Balaban J connectivity index is 2.06. The Morgan fingerprint density at radius 3 is 2.82 bits per heavy atom. The molecule has 2 rings (SSSR count). The molecule has 0 atom stereocenters. The number of para-hydroxylation sites is 1. The molecule has 1 aromatic rings. The number of hydrazine groups is 1. The van der Waals surface area contributed by atoms with Gasteiger partial charge >= 0.3 is 0 Å². The number of anilines is 1. The Kier molecular flexibility index (Phi) is 3.61. The number of carbonyl (C=O) groups excluding carboxylic acids is 1. The minimum atomic E-state index is -0.159. The first-order valence-electron chi connectivity index (χ1n) is 5.67. The lowest BCUT2D eigenvalue weighted by Crippen LogP contribution is -2.48. The van der Waals surface area contributed by atoms with Crippen LogP contribution in [0.25, 0.3) is 0 Å². The van der Waals surface area contributed by atoms with Crippen molar-refractivity contribution >= 4 is 11.6 Å². The van der Waals surface area contributed by atoms with Gasteiger partial charge in [-0.3, -0.25) is 10.2 Å². The minimum absolute atomic E-state index is 0.159. The molecule has 0 radical (unpaired) electrons. The van der Waals surface area contributed by atoms with Gasteiger partial charge in [0.2, 0.25) is 0 Å². The first-order valence-corrected chi connectivity index (χ1v) is 5.67. The minimum Gasteiger partial charge on any atom is -0.398 e. The van der Waals surface area contributed by atoms with Gasteiger partial charge in [0.25, 0.3) is 5.91 Å². The Morgan fingerprint density at radius 2 is 2.12 bits per heavy atom. The Hall–Kier alpha value is -1.59. The molecule has 1 heterocycles. The smallest absolute Gasteiger partial charge is 0.267 e. The molecule has 17 heavy (non-hydrogen) atoms. The van der Waals surface area contributed by atoms with Gasteiger partial charge in [-0.2, -0.15) is 0 Å². The summed E-state index contributed by atoms with van der Waals surface area (Å²) in [5.74, 6) is -0.159. The summed E-state index contributed by atoms with van der Waals surface area (Å²) in [6.45, 7) is 4.59. The first-order chi connectivity index (χ1) is 8.18. The molecule has 0 bridgehead atoms. The molecule has 1 aliphatic heterocycles. The quantitative estimate of drug-likeness (QED) is 0.735. The van der Waals surface area contributed by atoms with Gasteiger partial charge in [-0.15, -0.1) is 0 Å². The lowest BCUT2D eigenvalue weighted by atomic mass is 10.1. The molecule has 1 fully saturated rings. The molecular formula is C12H17N3O2. The number of nitrogen functional groups attached to an aromatic ring is 1. The summed E-state index contributed by atoms with van der Waals surface area (Å²) in [4.78, 5) is 12.0. The summed E-state index contributed by atoms with van der Waals surface area (Å²) in [5, 5.41) is 1.85. The van der Waals surface area contributed by atoms with E-state index in [4.69, 9.17) is 10.5 Å². The zero-order valence-electron chi connectivity index (χ0n) is 9.90. The number of benzene rings is 1. The third-order valence-corrected chi connectivity index (χ3v) is 2.84. The summed E-state index contributed by atoms with van der Waals surface area (Å²) < 4.78 is 5.21. The van der Waals surface area contributed by atoms with E-state index in [-0.39, 0.29) is 5.91 Å². The Labute approximate surface area is 101 Å². The van der Waals surface area contributed by atoms with Crippen molar-refractivity contribution in [2.75, 3.05) is 32.0 Å². The molecule has 1 aromatic carbocycles. The van der Waals surface area contributed by atoms with E-state index in [0.717, 1.165) is 5.56 Å². The SMILES string of the molecule is Cc1cccc(C(=O)NN2CCOCC2)c1N. The highest BCUT2D eigenvalue weighted by Gasteiger charge is 2.16. The van der Waals surface area contributed by atoms with Crippen LogP contribution in [0.2, 0.25) is 0 Å². The van der Waals surface area contributed by atoms with Crippen LogP contribution >= 0.6 is 0 Å². The summed E-state index contributed by atoms with van der Waals surface area (Å²) >= 11 is 0. The standard InChI is InChI=1S/C12H17N3O2/c1-9-3-2-4-10(11(9)13)12(16)14-15-5-7-17-8-6-15/h2-4H,5-8,13H2,1H3,(H,14,16). The summed E-state index contributed by atoms with van der Waals surface area (Å²) in [6, 6.07) is 5.46. The van der Waals surface area contributed by atoms with E-state index in [1.165, 1.54) is 0 Å². The van der Waals surface area contributed by atoms with Gasteiger partial charge in [0, 0.05) is 18.8 Å². The lowest BCUT2D eigenvalue weighted by molar-refractivity contribution is 0.0126. The third-order valence-electron chi connectivity index (χ3n) is 2.84. The van der Waals surface area contributed by atoms with Crippen molar-refractivity contribution < 1.29 is 9.53 Å². The van der Waals surface area contributed by atoms with Crippen LogP contribution in [0.4, 0.5) is 5.69 Å². The average Bonchev–Trinajstić information content (AvgIpc) is 2.34. The second kappa shape index (κ2) is 5.16. The van der Waals surface area contributed by atoms with Crippen molar-refractivity contribution in [1.82, 2.24) is 10.4 Å². The van der Waals surface area contributed by atoms with E-state index in [1.807, 2.05) is 24.1 Å². The molecule has 1 saturated heterocycles. The van der Waals surface area contributed by atoms with Crippen molar-refractivity contribution in [2.24, 2.45) is 0 Å². The molecule has 0 saturated carbocycles. The maximum Gasteiger partial charge on any atom is 0.267 e. The van der Waals surface area contributed by atoms with Crippen molar-refractivity contribution in [1.29, 1.82) is 0 Å². The van der Waals surface area contributed by atoms with Gasteiger partial charge in [-0.25, -0.2) is 5.01 Å². The van der Waals surface area contributed by atoms with E-state index in [9.17, 15) is 4.79 Å². The fraction of sp³-hybridized carbons (Fsp3) is 0.417. The number of nitrogens with two attached hydrogens (primary N) is 1. The molecule has 92 valence electrons. The number of ether oxygens (including phenoxy) is 1. The highest BCUT2D eigenvalue weighted by molar-refractivity contribution is 5.99. The second-order valence-electron chi connectivity index (χ2n) is 4.08. The average molecular weight is 235 g/mol. The maximum atomic E-state index is 12.0. The molecule has 0 spiro atoms. The fourth-order valence-electron chi connectivity index (χ4n) is 1.76.